The van der Waals surface area contributed by atoms with Gasteiger partial charge in [-0.05, 0) is 31.9 Å². The summed E-state index contributed by atoms with van der Waals surface area (Å²) in [6.07, 6.45) is 0.689. The zero-order chi connectivity index (χ0) is 14.3. The number of benzene rings is 1. The second kappa shape index (κ2) is 7.63. The molecule has 1 atom stereocenters. The molecule has 0 saturated heterocycles. The monoisotopic (exact) mass is 266 g/mol. The first-order chi connectivity index (χ1) is 9.06. The van der Waals surface area contributed by atoms with Gasteiger partial charge in [0.2, 0.25) is 0 Å². The SMILES string of the molecule is CCNC(=O)COc1cc(OC)ccc1CC(C)N. The summed E-state index contributed by atoms with van der Waals surface area (Å²) in [5.41, 5.74) is 6.77. The van der Waals surface area contributed by atoms with Crippen LogP contribution in [0, 0.1) is 0 Å². The van der Waals surface area contributed by atoms with E-state index in [-0.39, 0.29) is 18.6 Å². The second-order valence-electron chi connectivity index (χ2n) is 4.40. The smallest absolute Gasteiger partial charge is 0.257 e. The minimum absolute atomic E-state index is 0.00698. The van der Waals surface area contributed by atoms with E-state index in [9.17, 15) is 4.79 Å². The van der Waals surface area contributed by atoms with Crippen LogP contribution in [0.1, 0.15) is 19.4 Å². The van der Waals surface area contributed by atoms with Crippen molar-refractivity contribution in [3.8, 4) is 11.5 Å². The molecule has 0 fully saturated rings. The van der Waals surface area contributed by atoms with Gasteiger partial charge in [-0.3, -0.25) is 4.79 Å². The Balaban J connectivity index is 2.79. The number of methoxy groups -OCH3 is 1. The van der Waals surface area contributed by atoms with Gasteiger partial charge in [-0.15, -0.1) is 0 Å². The Morgan fingerprint density at radius 1 is 1.47 bits per heavy atom. The molecular formula is C14H22N2O3. The number of hydrogen-bond acceptors (Lipinski definition) is 4. The van der Waals surface area contributed by atoms with Crippen LogP contribution in [0.3, 0.4) is 0 Å². The van der Waals surface area contributed by atoms with Crippen LogP contribution >= 0.6 is 0 Å². The summed E-state index contributed by atoms with van der Waals surface area (Å²) >= 11 is 0. The van der Waals surface area contributed by atoms with Gasteiger partial charge < -0.3 is 20.5 Å². The van der Waals surface area contributed by atoms with Gasteiger partial charge in [-0.2, -0.15) is 0 Å². The normalized spacial score (nSPS) is 11.8. The van der Waals surface area contributed by atoms with Crippen molar-refractivity contribution < 1.29 is 14.3 Å². The third kappa shape index (κ3) is 5.18. The lowest BCUT2D eigenvalue weighted by Gasteiger charge is -2.14. The van der Waals surface area contributed by atoms with Gasteiger partial charge >= 0.3 is 0 Å². The molecule has 1 rings (SSSR count). The summed E-state index contributed by atoms with van der Waals surface area (Å²) in [7, 11) is 1.59. The molecule has 0 saturated carbocycles. The molecule has 0 bridgehead atoms. The third-order valence-corrected chi connectivity index (χ3v) is 2.55. The first-order valence-corrected chi connectivity index (χ1v) is 6.38. The molecule has 0 aliphatic carbocycles. The van der Waals surface area contributed by atoms with E-state index in [0.717, 1.165) is 5.56 Å². The molecule has 1 amide bonds. The van der Waals surface area contributed by atoms with Gasteiger partial charge in [0.25, 0.3) is 5.91 Å². The second-order valence-corrected chi connectivity index (χ2v) is 4.40. The Hall–Kier alpha value is -1.75. The number of amides is 1. The molecule has 106 valence electrons. The van der Waals surface area contributed by atoms with Gasteiger partial charge in [0.05, 0.1) is 7.11 Å². The van der Waals surface area contributed by atoms with Crippen LogP contribution in [0.4, 0.5) is 0 Å². The largest absolute Gasteiger partial charge is 0.497 e. The lowest BCUT2D eigenvalue weighted by atomic mass is 10.1. The number of ether oxygens (including phenoxy) is 2. The predicted molar refractivity (Wildman–Crippen MR) is 74.5 cm³/mol. The van der Waals surface area contributed by atoms with E-state index < -0.39 is 0 Å². The highest BCUT2D eigenvalue weighted by Gasteiger charge is 2.10. The van der Waals surface area contributed by atoms with Crippen molar-refractivity contribution in [3.05, 3.63) is 23.8 Å². The quantitative estimate of drug-likeness (QED) is 0.775. The molecule has 1 unspecified atom stereocenters. The van der Waals surface area contributed by atoms with Crippen molar-refractivity contribution in [2.45, 2.75) is 26.3 Å². The molecule has 3 N–H and O–H groups in total. The van der Waals surface area contributed by atoms with Gasteiger partial charge in [0.1, 0.15) is 11.5 Å². The van der Waals surface area contributed by atoms with E-state index in [4.69, 9.17) is 15.2 Å². The molecule has 5 heteroatoms. The number of nitrogens with one attached hydrogen (secondary N) is 1. The van der Waals surface area contributed by atoms with Crippen molar-refractivity contribution in [1.29, 1.82) is 0 Å². The Morgan fingerprint density at radius 2 is 2.21 bits per heavy atom. The molecule has 0 aliphatic heterocycles. The summed E-state index contributed by atoms with van der Waals surface area (Å²) < 4.78 is 10.7. The molecule has 0 spiro atoms. The van der Waals surface area contributed by atoms with Gasteiger partial charge in [-0.1, -0.05) is 6.07 Å². The Labute approximate surface area is 114 Å². The highest BCUT2D eigenvalue weighted by molar-refractivity contribution is 5.77. The standard InChI is InChI=1S/C14H22N2O3/c1-4-16-14(17)9-19-13-8-12(18-3)6-5-11(13)7-10(2)15/h5-6,8,10H,4,7,9,15H2,1-3H3,(H,16,17). The number of rotatable bonds is 7. The Kier molecular flexibility index (Phi) is 6.15. The zero-order valence-corrected chi connectivity index (χ0v) is 11.7. The van der Waals surface area contributed by atoms with Crippen LogP contribution in [-0.4, -0.2) is 32.2 Å². The number of likely N-dealkylation sites (N-methyl/N-ethyl adjacent to an activating group) is 1. The maximum absolute atomic E-state index is 11.4. The fraction of sp³-hybridized carbons (Fsp3) is 0.500. The predicted octanol–water partition coefficient (Wildman–Crippen LogP) is 1.10. The Morgan fingerprint density at radius 3 is 2.79 bits per heavy atom. The summed E-state index contributed by atoms with van der Waals surface area (Å²) in [4.78, 5) is 11.4. The molecule has 0 aliphatic rings. The van der Waals surface area contributed by atoms with Crippen LogP contribution < -0.4 is 20.5 Å². The number of carbonyl (C=O) groups excluding carboxylic acids is 1. The van der Waals surface area contributed by atoms with Crippen LogP contribution in [0.25, 0.3) is 0 Å². The average Bonchev–Trinajstić information content (AvgIpc) is 2.37. The summed E-state index contributed by atoms with van der Waals surface area (Å²) in [6, 6.07) is 5.57. The summed E-state index contributed by atoms with van der Waals surface area (Å²) in [5.74, 6) is 1.19. The minimum atomic E-state index is -0.142. The first-order valence-electron chi connectivity index (χ1n) is 6.38. The third-order valence-electron chi connectivity index (χ3n) is 2.55. The average molecular weight is 266 g/mol. The van der Waals surface area contributed by atoms with E-state index in [1.165, 1.54) is 0 Å². The van der Waals surface area contributed by atoms with Crippen LogP contribution in [0.5, 0.6) is 11.5 Å². The van der Waals surface area contributed by atoms with Crippen LogP contribution in [0.15, 0.2) is 18.2 Å². The van der Waals surface area contributed by atoms with Crippen LogP contribution in [-0.2, 0) is 11.2 Å². The molecule has 0 radical (unpaired) electrons. The minimum Gasteiger partial charge on any atom is -0.497 e. The summed E-state index contributed by atoms with van der Waals surface area (Å²) in [5, 5.41) is 2.68. The Bertz CT molecular complexity index is 419. The van der Waals surface area contributed by atoms with E-state index >= 15 is 0 Å². The molecule has 0 heterocycles. The number of hydrogen-bond donors (Lipinski definition) is 2. The first kappa shape index (κ1) is 15.3. The van der Waals surface area contributed by atoms with Gasteiger partial charge in [0.15, 0.2) is 6.61 Å². The van der Waals surface area contributed by atoms with E-state index in [1.807, 2.05) is 26.0 Å². The maximum Gasteiger partial charge on any atom is 0.257 e. The number of carbonyl (C=O) groups is 1. The lowest BCUT2D eigenvalue weighted by molar-refractivity contribution is -0.122. The molecular weight excluding hydrogens is 244 g/mol. The molecule has 5 nitrogen and oxygen atoms in total. The van der Waals surface area contributed by atoms with Crippen molar-refractivity contribution in [1.82, 2.24) is 5.32 Å². The van der Waals surface area contributed by atoms with Crippen molar-refractivity contribution >= 4 is 5.91 Å². The summed E-state index contributed by atoms with van der Waals surface area (Å²) in [6.45, 7) is 4.38. The fourth-order valence-electron chi connectivity index (χ4n) is 1.70. The highest BCUT2D eigenvalue weighted by atomic mass is 16.5. The topological polar surface area (TPSA) is 73.6 Å². The van der Waals surface area contributed by atoms with Crippen molar-refractivity contribution in [3.63, 3.8) is 0 Å². The van der Waals surface area contributed by atoms with Crippen molar-refractivity contribution in [2.24, 2.45) is 5.73 Å². The van der Waals surface area contributed by atoms with Crippen molar-refractivity contribution in [2.75, 3.05) is 20.3 Å². The molecule has 1 aromatic carbocycles. The lowest BCUT2D eigenvalue weighted by Crippen LogP contribution is -2.28. The molecule has 19 heavy (non-hydrogen) atoms. The molecule has 1 aromatic rings. The van der Waals surface area contributed by atoms with Gasteiger partial charge in [-0.25, -0.2) is 0 Å². The van der Waals surface area contributed by atoms with Gasteiger partial charge in [0, 0.05) is 18.7 Å². The highest BCUT2D eigenvalue weighted by Crippen LogP contribution is 2.25. The zero-order valence-electron chi connectivity index (χ0n) is 11.7. The van der Waals surface area contributed by atoms with Crippen LogP contribution in [0.2, 0.25) is 0 Å². The number of nitrogens with two attached hydrogens (primary N) is 1. The molecule has 0 aromatic heterocycles. The van der Waals surface area contributed by atoms with E-state index in [1.54, 1.807) is 13.2 Å². The maximum atomic E-state index is 11.4. The van der Waals surface area contributed by atoms with E-state index in [2.05, 4.69) is 5.32 Å². The fourth-order valence-corrected chi connectivity index (χ4v) is 1.70. The van der Waals surface area contributed by atoms with E-state index in [0.29, 0.717) is 24.5 Å².